The normalized spacial score (nSPS) is 14.8. The van der Waals surface area contributed by atoms with Gasteiger partial charge in [0.25, 0.3) is 0 Å². The molecule has 1 unspecified atom stereocenters. The number of furan rings is 2. The summed E-state index contributed by atoms with van der Waals surface area (Å²) < 4.78 is 23.3. The maximum absolute atomic E-state index is 13.0. The summed E-state index contributed by atoms with van der Waals surface area (Å²) in [6.45, 7) is 2.15. The molecule has 1 atom stereocenters. The van der Waals surface area contributed by atoms with Crippen molar-refractivity contribution in [3.8, 4) is 11.5 Å². The first-order chi connectivity index (χ1) is 21.1. The maximum atomic E-state index is 13.0. The molecule has 0 radical (unpaired) electrons. The molecule has 3 aromatic heterocycles. The van der Waals surface area contributed by atoms with Gasteiger partial charge in [-0.15, -0.1) is 0 Å². The molecule has 0 amide bonds. The minimum Gasteiger partial charge on any atom is -0.507 e. The van der Waals surface area contributed by atoms with Crippen molar-refractivity contribution in [2.75, 3.05) is 26.8 Å². The quantitative estimate of drug-likeness (QED) is 0.187. The van der Waals surface area contributed by atoms with E-state index in [4.69, 9.17) is 18.3 Å². The molecule has 0 saturated carbocycles. The smallest absolute Gasteiger partial charge is 0.341 e. The molecule has 0 spiro atoms. The second kappa shape index (κ2) is 11.5. The van der Waals surface area contributed by atoms with E-state index in [1.54, 1.807) is 12.4 Å². The summed E-state index contributed by atoms with van der Waals surface area (Å²) in [4.78, 5) is 19.6. The number of rotatable bonds is 8. The third-order valence-corrected chi connectivity index (χ3v) is 8.36. The summed E-state index contributed by atoms with van der Waals surface area (Å²) in [7, 11) is 1.35. The van der Waals surface area contributed by atoms with Crippen LogP contribution in [0.5, 0.6) is 11.5 Å². The number of fused-ring (bicyclic) bond motifs is 4. The third-order valence-electron chi connectivity index (χ3n) is 8.36. The average Bonchev–Trinajstić information content (AvgIpc) is 3.68. The number of esters is 1. The number of para-hydroxylation sites is 1. The number of carbonyl (C=O) groups is 1. The predicted molar refractivity (Wildman–Crippen MR) is 164 cm³/mol. The van der Waals surface area contributed by atoms with E-state index in [9.17, 15) is 9.90 Å². The number of nitrogens with zero attached hydrogens (tertiary/aromatic N) is 2. The standard InChI is InChI=1S/C35H32N2O6/c1-40-35(39)28-21-42-34-27-20-24(41-18-13-25-19-23-7-3-4-8-29(23)43-25)9-10-26(27)33(38)31(30(28)34)32(22-11-14-36-15-12-22)37-16-5-2-6-17-37/h3-4,7-12,14-15,19-21,32,38H,2,5-6,13,16-18H2,1H3. The highest BCUT2D eigenvalue weighted by Crippen LogP contribution is 2.47. The number of aromatic nitrogens is 1. The van der Waals surface area contributed by atoms with E-state index >= 15 is 0 Å². The Kier molecular flexibility index (Phi) is 7.20. The highest BCUT2D eigenvalue weighted by molar-refractivity contribution is 6.16. The van der Waals surface area contributed by atoms with E-state index in [2.05, 4.69) is 9.88 Å². The zero-order chi connectivity index (χ0) is 29.3. The summed E-state index contributed by atoms with van der Waals surface area (Å²) in [6, 6.07) is 19.1. The van der Waals surface area contributed by atoms with Crippen molar-refractivity contribution in [3.05, 3.63) is 102 Å². The second-order valence-corrected chi connectivity index (χ2v) is 10.9. The van der Waals surface area contributed by atoms with Crippen LogP contribution in [0.2, 0.25) is 0 Å². The molecule has 4 heterocycles. The first-order valence-corrected chi connectivity index (χ1v) is 14.6. The largest absolute Gasteiger partial charge is 0.507 e. The number of pyridine rings is 1. The Morgan fingerprint density at radius 2 is 1.84 bits per heavy atom. The fourth-order valence-corrected chi connectivity index (χ4v) is 6.33. The topological polar surface area (TPSA) is 98.2 Å². The zero-order valence-electron chi connectivity index (χ0n) is 23.9. The average molecular weight is 577 g/mol. The Balaban J connectivity index is 1.32. The SMILES string of the molecule is COC(=O)c1coc2c1c(C(c1ccncc1)N1CCCCC1)c(O)c1ccc(OCCc3cc4ccccc4o3)cc12. The molecule has 1 aliphatic rings. The minimum absolute atomic E-state index is 0.107. The molecule has 1 saturated heterocycles. The number of hydrogen-bond acceptors (Lipinski definition) is 8. The van der Waals surface area contributed by atoms with Crippen molar-refractivity contribution in [3.63, 3.8) is 0 Å². The van der Waals surface area contributed by atoms with Crippen molar-refractivity contribution in [2.24, 2.45) is 0 Å². The first-order valence-electron chi connectivity index (χ1n) is 14.6. The van der Waals surface area contributed by atoms with Gasteiger partial charge in [0, 0.05) is 45.9 Å². The van der Waals surface area contributed by atoms with E-state index in [1.807, 2.05) is 60.7 Å². The van der Waals surface area contributed by atoms with Gasteiger partial charge in [0.15, 0.2) is 0 Å². The van der Waals surface area contributed by atoms with Crippen LogP contribution in [-0.2, 0) is 11.2 Å². The van der Waals surface area contributed by atoms with Crippen LogP contribution >= 0.6 is 0 Å². The van der Waals surface area contributed by atoms with Crippen molar-refractivity contribution in [1.82, 2.24) is 9.88 Å². The minimum atomic E-state index is -0.524. The van der Waals surface area contributed by atoms with Crippen LogP contribution in [0.4, 0.5) is 0 Å². The van der Waals surface area contributed by atoms with Crippen LogP contribution < -0.4 is 4.74 Å². The Bertz CT molecular complexity index is 1890. The van der Waals surface area contributed by atoms with Gasteiger partial charge in [0.1, 0.15) is 40.3 Å². The van der Waals surface area contributed by atoms with Gasteiger partial charge in [-0.05, 0) is 74.0 Å². The van der Waals surface area contributed by atoms with E-state index in [1.165, 1.54) is 13.4 Å². The lowest BCUT2D eigenvalue weighted by atomic mass is 9.88. The summed E-state index contributed by atoms with van der Waals surface area (Å²) in [5.74, 6) is 1.05. The van der Waals surface area contributed by atoms with Crippen LogP contribution in [0.15, 0.2) is 88.2 Å². The maximum Gasteiger partial charge on any atom is 0.341 e. The number of phenolic OH excluding ortho intramolecular Hbond substituents is 1. The van der Waals surface area contributed by atoms with Gasteiger partial charge in [-0.1, -0.05) is 24.6 Å². The zero-order valence-corrected chi connectivity index (χ0v) is 23.9. The van der Waals surface area contributed by atoms with Gasteiger partial charge >= 0.3 is 5.97 Å². The molecule has 218 valence electrons. The van der Waals surface area contributed by atoms with Gasteiger partial charge in [0.2, 0.25) is 0 Å². The lowest BCUT2D eigenvalue weighted by Crippen LogP contribution is -2.34. The molecule has 0 aliphatic carbocycles. The lowest BCUT2D eigenvalue weighted by molar-refractivity contribution is 0.0601. The summed E-state index contributed by atoms with van der Waals surface area (Å²) in [5, 5.41) is 14.9. The summed E-state index contributed by atoms with van der Waals surface area (Å²) in [5.41, 5.74) is 3.24. The first kappa shape index (κ1) is 27.0. The van der Waals surface area contributed by atoms with E-state index in [0.717, 1.165) is 54.6 Å². The van der Waals surface area contributed by atoms with Gasteiger partial charge in [0.05, 0.1) is 19.8 Å². The Labute approximate surface area is 248 Å². The van der Waals surface area contributed by atoms with Gasteiger partial charge in [-0.25, -0.2) is 4.79 Å². The molecule has 43 heavy (non-hydrogen) atoms. The number of methoxy groups -OCH3 is 1. The highest BCUT2D eigenvalue weighted by Gasteiger charge is 2.33. The van der Waals surface area contributed by atoms with Crippen LogP contribution in [0, 0.1) is 0 Å². The molecule has 7 rings (SSSR count). The number of hydrogen-bond donors (Lipinski definition) is 1. The van der Waals surface area contributed by atoms with Crippen LogP contribution in [0.1, 0.15) is 52.5 Å². The molecular formula is C35H32N2O6. The molecule has 8 heteroatoms. The van der Waals surface area contributed by atoms with Gasteiger partial charge < -0.3 is 23.4 Å². The van der Waals surface area contributed by atoms with Crippen molar-refractivity contribution in [1.29, 1.82) is 0 Å². The molecular weight excluding hydrogens is 544 g/mol. The number of ether oxygens (including phenoxy) is 2. The number of carbonyl (C=O) groups excluding carboxylic acids is 1. The Morgan fingerprint density at radius 3 is 2.63 bits per heavy atom. The number of benzene rings is 3. The van der Waals surface area contributed by atoms with Gasteiger partial charge in [-0.2, -0.15) is 0 Å². The van der Waals surface area contributed by atoms with Crippen molar-refractivity contribution in [2.45, 2.75) is 31.7 Å². The fraction of sp³-hybridized carbons (Fsp3) is 0.257. The summed E-state index contributed by atoms with van der Waals surface area (Å²) >= 11 is 0. The van der Waals surface area contributed by atoms with E-state index in [0.29, 0.717) is 46.1 Å². The van der Waals surface area contributed by atoms with Crippen molar-refractivity contribution < 1.29 is 28.2 Å². The van der Waals surface area contributed by atoms with E-state index < -0.39 is 5.97 Å². The van der Waals surface area contributed by atoms with Crippen LogP contribution in [0.25, 0.3) is 32.7 Å². The van der Waals surface area contributed by atoms with E-state index in [-0.39, 0.29) is 17.4 Å². The molecule has 1 aliphatic heterocycles. The Hall–Kier alpha value is -4.82. The number of piperidine rings is 1. The number of aromatic hydroxyl groups is 1. The van der Waals surface area contributed by atoms with Crippen LogP contribution in [0.3, 0.4) is 0 Å². The molecule has 6 aromatic rings. The van der Waals surface area contributed by atoms with Crippen LogP contribution in [-0.4, -0.2) is 47.8 Å². The van der Waals surface area contributed by atoms with Gasteiger partial charge in [-0.3, -0.25) is 9.88 Å². The second-order valence-electron chi connectivity index (χ2n) is 10.9. The Morgan fingerprint density at radius 1 is 1.02 bits per heavy atom. The monoisotopic (exact) mass is 576 g/mol. The molecule has 8 nitrogen and oxygen atoms in total. The fourth-order valence-electron chi connectivity index (χ4n) is 6.33. The predicted octanol–water partition coefficient (Wildman–Crippen LogP) is 7.42. The lowest BCUT2D eigenvalue weighted by Gasteiger charge is -2.36. The number of likely N-dealkylation sites (tertiary alicyclic amines) is 1. The van der Waals surface area contributed by atoms with Crippen molar-refractivity contribution >= 4 is 38.7 Å². The summed E-state index contributed by atoms with van der Waals surface area (Å²) in [6.07, 6.45) is 8.82. The third kappa shape index (κ3) is 4.97. The molecule has 3 aromatic carbocycles. The molecule has 1 N–H and O–H groups in total. The molecule has 1 fully saturated rings. The number of phenols is 1. The highest BCUT2D eigenvalue weighted by atomic mass is 16.5. The molecule has 0 bridgehead atoms.